The number of nitrogens with zero attached hydrogens (tertiary/aromatic N) is 1. The van der Waals surface area contributed by atoms with Gasteiger partial charge in [0.05, 0.1) is 11.6 Å². The molecular weight excluding hydrogens is 564 g/mol. The Kier molecular flexibility index (Phi) is 7.14. The molecule has 0 saturated carbocycles. The minimum atomic E-state index is -0.888. The molecule has 34 heavy (non-hydrogen) atoms. The van der Waals surface area contributed by atoms with Crippen LogP contribution in [0.4, 0.5) is 5.69 Å². The fourth-order valence-corrected chi connectivity index (χ4v) is 4.08. The average Bonchev–Trinajstić information content (AvgIpc) is 3.18. The number of hydrogen-bond donors (Lipinski definition) is 3. The monoisotopic (exact) mass is 582 g/mol. The molecule has 1 heterocycles. The van der Waals surface area contributed by atoms with Crippen molar-refractivity contribution in [3.05, 3.63) is 99.1 Å². The standard InChI is InChI=1S/C25H20Br2N4O3/c1-15(16-5-3-2-4-6-16)28-24(33)25(34)30-31-21-12-9-19(27)13-17(21)14-22(31)23(32)29-20-10-7-18(26)8-11-20/h2-15H,1H3,(H,28,33)(H,29,32)(H,30,34)/t15-/m0/s1. The first kappa shape index (κ1) is 23.7. The fourth-order valence-electron chi connectivity index (χ4n) is 3.44. The van der Waals surface area contributed by atoms with Crippen molar-refractivity contribution in [3.63, 3.8) is 0 Å². The number of halogens is 2. The van der Waals surface area contributed by atoms with E-state index >= 15 is 0 Å². The summed E-state index contributed by atoms with van der Waals surface area (Å²) >= 11 is 6.79. The number of anilines is 1. The van der Waals surface area contributed by atoms with Crippen LogP contribution in [-0.4, -0.2) is 22.4 Å². The summed E-state index contributed by atoms with van der Waals surface area (Å²) in [6.07, 6.45) is 0. The molecule has 7 nitrogen and oxygen atoms in total. The van der Waals surface area contributed by atoms with Crippen molar-refractivity contribution in [1.82, 2.24) is 9.99 Å². The van der Waals surface area contributed by atoms with Crippen LogP contribution in [0.15, 0.2) is 87.8 Å². The zero-order valence-corrected chi connectivity index (χ0v) is 21.2. The van der Waals surface area contributed by atoms with E-state index in [9.17, 15) is 14.4 Å². The molecule has 172 valence electrons. The molecule has 0 unspecified atom stereocenters. The molecule has 0 aliphatic heterocycles. The Labute approximate surface area is 212 Å². The van der Waals surface area contributed by atoms with Gasteiger partial charge in [-0.25, -0.2) is 4.68 Å². The second-order valence-electron chi connectivity index (χ2n) is 7.58. The van der Waals surface area contributed by atoms with Gasteiger partial charge in [-0.3, -0.25) is 19.8 Å². The largest absolute Gasteiger partial charge is 0.341 e. The number of aromatic nitrogens is 1. The lowest BCUT2D eigenvalue weighted by Crippen LogP contribution is -2.40. The number of benzene rings is 3. The summed E-state index contributed by atoms with van der Waals surface area (Å²) in [5.74, 6) is -2.14. The van der Waals surface area contributed by atoms with E-state index in [1.54, 1.807) is 37.3 Å². The van der Waals surface area contributed by atoms with E-state index < -0.39 is 17.7 Å². The predicted octanol–water partition coefficient (Wildman–Crippen LogP) is 5.37. The predicted molar refractivity (Wildman–Crippen MR) is 139 cm³/mol. The highest BCUT2D eigenvalue weighted by molar-refractivity contribution is 9.10. The van der Waals surface area contributed by atoms with Crippen LogP contribution >= 0.6 is 31.9 Å². The third-order valence-electron chi connectivity index (χ3n) is 5.17. The molecule has 0 spiro atoms. The summed E-state index contributed by atoms with van der Waals surface area (Å²) in [4.78, 5) is 38.4. The van der Waals surface area contributed by atoms with E-state index in [-0.39, 0.29) is 11.7 Å². The first-order valence-corrected chi connectivity index (χ1v) is 11.9. The summed E-state index contributed by atoms with van der Waals surface area (Å²) in [6, 6.07) is 23.1. The van der Waals surface area contributed by atoms with E-state index in [0.29, 0.717) is 16.6 Å². The highest BCUT2D eigenvalue weighted by atomic mass is 79.9. The first-order chi connectivity index (χ1) is 16.3. The van der Waals surface area contributed by atoms with Gasteiger partial charge in [0.25, 0.3) is 5.91 Å². The van der Waals surface area contributed by atoms with Gasteiger partial charge in [0.15, 0.2) is 0 Å². The van der Waals surface area contributed by atoms with E-state index in [4.69, 9.17) is 0 Å². The quantitative estimate of drug-likeness (QED) is 0.276. The van der Waals surface area contributed by atoms with Crippen LogP contribution in [0.1, 0.15) is 29.0 Å². The number of carbonyl (C=O) groups is 3. The molecule has 0 saturated heterocycles. The van der Waals surface area contributed by atoms with Crippen LogP contribution in [-0.2, 0) is 9.59 Å². The fraction of sp³-hybridized carbons (Fsp3) is 0.0800. The molecule has 0 fully saturated rings. The second-order valence-corrected chi connectivity index (χ2v) is 9.41. The van der Waals surface area contributed by atoms with Crippen molar-refractivity contribution < 1.29 is 14.4 Å². The Morgan fingerprint density at radius 2 is 1.50 bits per heavy atom. The Bertz CT molecular complexity index is 1370. The Hall–Kier alpha value is -3.43. The lowest BCUT2D eigenvalue weighted by Gasteiger charge is -2.16. The molecule has 3 aromatic carbocycles. The number of nitrogens with one attached hydrogen (secondary N) is 3. The number of rotatable bonds is 5. The second kappa shape index (κ2) is 10.2. The Balaban J connectivity index is 1.59. The summed E-state index contributed by atoms with van der Waals surface area (Å²) in [7, 11) is 0. The van der Waals surface area contributed by atoms with Gasteiger partial charge < -0.3 is 10.6 Å². The van der Waals surface area contributed by atoms with Crippen LogP contribution in [0.5, 0.6) is 0 Å². The van der Waals surface area contributed by atoms with Gasteiger partial charge in [0, 0.05) is 20.0 Å². The summed E-state index contributed by atoms with van der Waals surface area (Å²) in [6.45, 7) is 1.79. The van der Waals surface area contributed by atoms with Gasteiger partial charge in [0.1, 0.15) is 5.69 Å². The molecule has 0 aliphatic rings. The Morgan fingerprint density at radius 3 is 2.21 bits per heavy atom. The topological polar surface area (TPSA) is 92.2 Å². The van der Waals surface area contributed by atoms with Crippen molar-refractivity contribution in [2.24, 2.45) is 0 Å². The maximum Gasteiger partial charge on any atom is 0.328 e. The molecule has 4 aromatic rings. The molecule has 1 atom stereocenters. The number of fused-ring (bicyclic) bond motifs is 1. The summed E-state index contributed by atoms with van der Waals surface area (Å²) < 4.78 is 3.02. The van der Waals surface area contributed by atoms with Gasteiger partial charge in [-0.2, -0.15) is 0 Å². The highest BCUT2D eigenvalue weighted by Gasteiger charge is 2.22. The molecule has 3 N–H and O–H groups in total. The minimum absolute atomic E-state index is 0.174. The van der Waals surface area contributed by atoms with Gasteiger partial charge in [-0.05, 0) is 61.0 Å². The van der Waals surface area contributed by atoms with Crippen molar-refractivity contribution in [1.29, 1.82) is 0 Å². The number of hydrogen-bond acceptors (Lipinski definition) is 3. The third kappa shape index (κ3) is 5.37. The lowest BCUT2D eigenvalue weighted by atomic mass is 10.1. The molecular formula is C25H20Br2N4O3. The molecule has 0 aliphatic carbocycles. The molecule has 0 radical (unpaired) electrons. The molecule has 4 rings (SSSR count). The van der Waals surface area contributed by atoms with Gasteiger partial charge in [0.2, 0.25) is 0 Å². The zero-order chi connectivity index (χ0) is 24.2. The zero-order valence-electron chi connectivity index (χ0n) is 18.0. The smallest absolute Gasteiger partial charge is 0.328 e. The van der Waals surface area contributed by atoms with E-state index in [1.165, 1.54) is 4.68 Å². The average molecular weight is 584 g/mol. The van der Waals surface area contributed by atoms with E-state index in [1.807, 2.05) is 48.5 Å². The molecule has 1 aromatic heterocycles. The van der Waals surface area contributed by atoms with Gasteiger partial charge in [-0.1, -0.05) is 62.2 Å². The highest BCUT2D eigenvalue weighted by Crippen LogP contribution is 2.24. The van der Waals surface area contributed by atoms with E-state index in [2.05, 4.69) is 47.9 Å². The molecule has 9 heteroatoms. The maximum absolute atomic E-state index is 13.1. The summed E-state index contributed by atoms with van der Waals surface area (Å²) in [5.41, 5.74) is 4.77. The normalized spacial score (nSPS) is 11.6. The van der Waals surface area contributed by atoms with Crippen molar-refractivity contribution in [2.45, 2.75) is 13.0 Å². The molecule has 0 bridgehead atoms. The van der Waals surface area contributed by atoms with Gasteiger partial charge in [-0.15, -0.1) is 0 Å². The molecule has 3 amide bonds. The minimum Gasteiger partial charge on any atom is -0.341 e. The van der Waals surface area contributed by atoms with Crippen LogP contribution < -0.4 is 16.1 Å². The third-order valence-corrected chi connectivity index (χ3v) is 6.19. The van der Waals surface area contributed by atoms with E-state index in [0.717, 1.165) is 14.5 Å². The van der Waals surface area contributed by atoms with Crippen molar-refractivity contribution in [3.8, 4) is 0 Å². The first-order valence-electron chi connectivity index (χ1n) is 10.4. The van der Waals surface area contributed by atoms with Gasteiger partial charge >= 0.3 is 11.8 Å². The Morgan fingerprint density at radius 1 is 0.824 bits per heavy atom. The van der Waals surface area contributed by atoms with Crippen molar-refractivity contribution in [2.75, 3.05) is 10.7 Å². The van der Waals surface area contributed by atoms with Crippen LogP contribution in [0.2, 0.25) is 0 Å². The van der Waals surface area contributed by atoms with Crippen LogP contribution in [0.25, 0.3) is 10.9 Å². The van der Waals surface area contributed by atoms with Crippen molar-refractivity contribution >= 4 is 66.2 Å². The summed E-state index contributed by atoms with van der Waals surface area (Å²) in [5, 5.41) is 6.21. The van der Waals surface area contributed by atoms with Crippen LogP contribution in [0, 0.1) is 0 Å². The SMILES string of the molecule is C[C@H](NC(=O)C(=O)Nn1c(C(=O)Nc2ccc(Br)cc2)cc2cc(Br)ccc21)c1ccccc1. The number of amides is 3. The maximum atomic E-state index is 13.1. The number of carbonyl (C=O) groups excluding carboxylic acids is 3. The van der Waals surface area contributed by atoms with Crippen LogP contribution in [0.3, 0.4) is 0 Å². The lowest BCUT2D eigenvalue weighted by molar-refractivity contribution is -0.137.